The molecule has 1 amide bonds. The second kappa shape index (κ2) is 7.63. The van der Waals surface area contributed by atoms with Gasteiger partial charge in [0.1, 0.15) is 11.9 Å². The fraction of sp³-hybridized carbons (Fsp3) is 0.765. The average Bonchev–Trinajstić information content (AvgIpc) is 3.13. The lowest BCUT2D eigenvalue weighted by Crippen LogP contribution is -2.42. The lowest BCUT2D eigenvalue weighted by molar-refractivity contribution is -0.133. The summed E-state index contributed by atoms with van der Waals surface area (Å²) in [5.41, 5.74) is 2.12. The van der Waals surface area contributed by atoms with E-state index in [-0.39, 0.29) is 18.1 Å². The number of likely N-dealkylation sites (tertiary alicyclic amines) is 1. The van der Waals surface area contributed by atoms with Crippen LogP contribution in [0.4, 0.5) is 0 Å². The van der Waals surface area contributed by atoms with Crippen LogP contribution >= 0.6 is 0 Å². The Balaban J connectivity index is 1.52. The number of rotatable bonds is 6. The molecule has 1 N–H and O–H groups in total. The number of nitrogens with one attached hydrogen (secondary N) is 1. The van der Waals surface area contributed by atoms with Crippen LogP contribution in [-0.4, -0.2) is 61.5 Å². The van der Waals surface area contributed by atoms with Crippen LogP contribution in [0.25, 0.3) is 0 Å². The Bertz CT molecular complexity index is 555. The van der Waals surface area contributed by atoms with Crippen LogP contribution in [0.1, 0.15) is 29.9 Å². The highest BCUT2D eigenvalue weighted by molar-refractivity contribution is 5.81. The Morgan fingerprint density at radius 1 is 1.46 bits per heavy atom. The van der Waals surface area contributed by atoms with Gasteiger partial charge in [-0.15, -0.1) is 0 Å². The number of aromatic nitrogens is 1. The van der Waals surface area contributed by atoms with E-state index in [1.807, 2.05) is 13.8 Å². The molecule has 3 heterocycles. The molecular weight excluding hydrogens is 310 g/mol. The quantitative estimate of drug-likeness (QED) is 0.782. The van der Waals surface area contributed by atoms with Crippen LogP contribution in [0.15, 0.2) is 4.52 Å². The van der Waals surface area contributed by atoms with Gasteiger partial charge in [-0.2, -0.15) is 0 Å². The summed E-state index contributed by atoms with van der Waals surface area (Å²) in [6.45, 7) is 7.69. The first kappa shape index (κ1) is 17.4. The number of carbonyl (C=O) groups excluding carboxylic acids is 1. The summed E-state index contributed by atoms with van der Waals surface area (Å²) in [6.07, 6.45) is 1.70. The first-order valence-corrected chi connectivity index (χ1v) is 8.64. The van der Waals surface area contributed by atoms with Crippen molar-refractivity contribution in [3.05, 3.63) is 17.0 Å². The zero-order valence-electron chi connectivity index (χ0n) is 14.7. The topological polar surface area (TPSA) is 76.8 Å². The summed E-state index contributed by atoms with van der Waals surface area (Å²) in [4.78, 5) is 14.5. The van der Waals surface area contributed by atoms with Crippen molar-refractivity contribution in [1.29, 1.82) is 0 Å². The number of amides is 1. The Kier molecular flexibility index (Phi) is 5.53. The smallest absolute Gasteiger partial charge is 0.249 e. The number of nitrogens with zero attached hydrogens (tertiary/aromatic N) is 2. The van der Waals surface area contributed by atoms with Crippen LogP contribution < -0.4 is 5.32 Å². The summed E-state index contributed by atoms with van der Waals surface area (Å²) < 4.78 is 16.2. The fourth-order valence-corrected chi connectivity index (χ4v) is 3.65. The van der Waals surface area contributed by atoms with Gasteiger partial charge < -0.3 is 19.3 Å². The Hall–Kier alpha value is -1.44. The summed E-state index contributed by atoms with van der Waals surface area (Å²) in [5.74, 6) is 1.35. The molecule has 2 aliphatic heterocycles. The normalized spacial score (nSPS) is 27.2. The lowest BCUT2D eigenvalue weighted by Gasteiger charge is -2.33. The third-order valence-corrected chi connectivity index (χ3v) is 5.10. The van der Waals surface area contributed by atoms with E-state index in [0.29, 0.717) is 19.1 Å². The molecule has 0 saturated carbocycles. The van der Waals surface area contributed by atoms with Crippen molar-refractivity contribution in [1.82, 2.24) is 15.4 Å². The van der Waals surface area contributed by atoms with E-state index < -0.39 is 0 Å². The molecule has 1 aromatic rings. The number of hydrogen-bond donors (Lipinski definition) is 1. The van der Waals surface area contributed by atoms with Crippen LogP contribution in [0.3, 0.4) is 0 Å². The maximum atomic E-state index is 12.2. The summed E-state index contributed by atoms with van der Waals surface area (Å²) >= 11 is 0. The minimum atomic E-state index is -0.323. The molecule has 0 bridgehead atoms. The molecule has 1 aromatic heterocycles. The largest absolute Gasteiger partial charge is 0.383 e. The first-order valence-electron chi connectivity index (χ1n) is 8.64. The second-order valence-electron chi connectivity index (χ2n) is 6.77. The Morgan fingerprint density at radius 2 is 2.29 bits per heavy atom. The number of hydrogen-bond acceptors (Lipinski definition) is 6. The van der Waals surface area contributed by atoms with Crippen molar-refractivity contribution in [2.24, 2.45) is 5.92 Å². The van der Waals surface area contributed by atoms with Gasteiger partial charge in [0.25, 0.3) is 0 Å². The monoisotopic (exact) mass is 337 g/mol. The van der Waals surface area contributed by atoms with E-state index in [1.165, 1.54) is 5.56 Å². The van der Waals surface area contributed by atoms with Gasteiger partial charge in [-0.3, -0.25) is 9.69 Å². The maximum Gasteiger partial charge on any atom is 0.249 e. The van der Waals surface area contributed by atoms with Gasteiger partial charge in [0, 0.05) is 32.3 Å². The first-order chi connectivity index (χ1) is 11.6. The van der Waals surface area contributed by atoms with E-state index in [0.717, 1.165) is 43.9 Å². The van der Waals surface area contributed by atoms with Crippen molar-refractivity contribution in [3.63, 3.8) is 0 Å². The molecule has 2 saturated heterocycles. The van der Waals surface area contributed by atoms with Crippen molar-refractivity contribution in [2.45, 2.75) is 45.4 Å². The van der Waals surface area contributed by atoms with Crippen LogP contribution in [0.5, 0.6) is 0 Å². The standard InChI is InChI=1S/C17H27N3O4/c1-11-14(12(2)24-19-11)9-20-6-4-13-8-15(23-16(13)10-20)17(21)18-5-7-22-3/h13,15-16H,4-10H2,1-3H3,(H,18,21)/t13-,15-,16-/m0/s1. The molecule has 24 heavy (non-hydrogen) atoms. The molecule has 7 nitrogen and oxygen atoms in total. The second-order valence-corrected chi connectivity index (χ2v) is 6.77. The molecule has 0 unspecified atom stereocenters. The summed E-state index contributed by atoms with van der Waals surface area (Å²) in [6, 6.07) is 0. The van der Waals surface area contributed by atoms with E-state index in [2.05, 4.69) is 15.4 Å². The molecule has 0 aromatic carbocycles. The van der Waals surface area contributed by atoms with Crippen LogP contribution in [-0.2, 0) is 20.8 Å². The number of ether oxygens (including phenoxy) is 2. The number of aryl methyl sites for hydroxylation is 2. The van der Waals surface area contributed by atoms with Gasteiger partial charge in [-0.05, 0) is 39.2 Å². The van der Waals surface area contributed by atoms with Crippen molar-refractivity contribution >= 4 is 5.91 Å². The van der Waals surface area contributed by atoms with E-state index in [9.17, 15) is 4.79 Å². The summed E-state index contributed by atoms with van der Waals surface area (Å²) in [5, 5.41) is 6.90. The zero-order chi connectivity index (χ0) is 17.1. The van der Waals surface area contributed by atoms with E-state index >= 15 is 0 Å². The number of piperidine rings is 1. The van der Waals surface area contributed by atoms with Gasteiger partial charge in [0.05, 0.1) is 18.4 Å². The van der Waals surface area contributed by atoms with Crippen molar-refractivity contribution in [3.8, 4) is 0 Å². The van der Waals surface area contributed by atoms with Gasteiger partial charge >= 0.3 is 0 Å². The minimum absolute atomic E-state index is 0.0151. The van der Waals surface area contributed by atoms with Gasteiger partial charge in [-0.1, -0.05) is 5.16 Å². The van der Waals surface area contributed by atoms with Gasteiger partial charge in [-0.25, -0.2) is 0 Å². The number of fused-ring (bicyclic) bond motifs is 1. The SMILES string of the molecule is COCCNC(=O)[C@@H]1C[C@@H]2CCN(Cc3c(C)noc3C)C[C@@H]2O1. The fourth-order valence-electron chi connectivity index (χ4n) is 3.65. The highest BCUT2D eigenvalue weighted by Crippen LogP contribution is 2.34. The van der Waals surface area contributed by atoms with E-state index in [1.54, 1.807) is 7.11 Å². The van der Waals surface area contributed by atoms with Crippen molar-refractivity contribution < 1.29 is 18.8 Å². The molecule has 134 valence electrons. The minimum Gasteiger partial charge on any atom is -0.383 e. The molecule has 2 fully saturated rings. The third-order valence-electron chi connectivity index (χ3n) is 5.10. The Labute approximate surface area is 142 Å². The zero-order valence-corrected chi connectivity index (χ0v) is 14.7. The molecular formula is C17H27N3O4. The third kappa shape index (κ3) is 3.79. The predicted molar refractivity (Wildman–Crippen MR) is 87.5 cm³/mol. The van der Waals surface area contributed by atoms with Crippen molar-refractivity contribution in [2.75, 3.05) is 33.4 Å². The highest BCUT2D eigenvalue weighted by atomic mass is 16.5. The molecule has 0 spiro atoms. The average molecular weight is 337 g/mol. The van der Waals surface area contributed by atoms with E-state index in [4.69, 9.17) is 14.0 Å². The predicted octanol–water partition coefficient (Wildman–Crippen LogP) is 1.03. The van der Waals surface area contributed by atoms with Gasteiger partial charge in [0.2, 0.25) is 5.91 Å². The lowest BCUT2D eigenvalue weighted by atomic mass is 9.91. The molecule has 7 heteroatoms. The molecule has 3 rings (SSSR count). The molecule has 0 aliphatic carbocycles. The summed E-state index contributed by atoms with van der Waals surface area (Å²) in [7, 11) is 1.63. The highest BCUT2D eigenvalue weighted by Gasteiger charge is 2.41. The molecule has 0 radical (unpaired) electrons. The van der Waals surface area contributed by atoms with Gasteiger partial charge in [0.15, 0.2) is 0 Å². The number of methoxy groups -OCH3 is 1. The molecule has 3 atom stereocenters. The number of carbonyl (C=O) groups is 1. The Morgan fingerprint density at radius 3 is 3.00 bits per heavy atom. The maximum absolute atomic E-state index is 12.2. The van der Waals surface area contributed by atoms with Crippen LogP contribution in [0.2, 0.25) is 0 Å². The van der Waals surface area contributed by atoms with Crippen LogP contribution in [0, 0.1) is 19.8 Å². The molecule has 2 aliphatic rings.